The Labute approximate surface area is 89.7 Å². The van der Waals surface area contributed by atoms with Gasteiger partial charge in [0.1, 0.15) is 0 Å². The molecule has 2 heterocycles. The van der Waals surface area contributed by atoms with Crippen molar-refractivity contribution in [3.05, 3.63) is 24.0 Å². The summed E-state index contributed by atoms with van der Waals surface area (Å²) in [5, 5.41) is 9.53. The molecule has 0 spiro atoms. The fraction of sp³-hybridized carbons (Fsp3) is 0.545. The first-order valence-electron chi connectivity index (χ1n) is 5.35. The molecule has 15 heavy (non-hydrogen) atoms. The van der Waals surface area contributed by atoms with Gasteiger partial charge in [0.05, 0.1) is 11.8 Å². The van der Waals surface area contributed by atoms with E-state index in [1.807, 2.05) is 6.07 Å². The number of rotatable bonds is 2. The van der Waals surface area contributed by atoms with Gasteiger partial charge in [0.25, 0.3) is 0 Å². The van der Waals surface area contributed by atoms with Gasteiger partial charge in [-0.2, -0.15) is 0 Å². The van der Waals surface area contributed by atoms with Crippen molar-refractivity contribution in [1.82, 2.24) is 9.88 Å². The van der Waals surface area contributed by atoms with E-state index in [9.17, 15) is 5.11 Å². The van der Waals surface area contributed by atoms with Crippen LogP contribution in [0.3, 0.4) is 0 Å². The second kappa shape index (κ2) is 4.59. The minimum Gasteiger partial charge on any atom is -0.399 e. The number of aliphatic hydroxyl groups is 1. The second-order valence-corrected chi connectivity index (χ2v) is 4.11. The SMILES string of the molecule is Nc1ccnc(CN2CCCC(O)C2)c1. The predicted octanol–water partition coefficient (Wildman–Crippen LogP) is 0.620. The standard InChI is InChI=1S/C11H17N3O/c12-9-3-4-13-10(6-9)7-14-5-1-2-11(15)8-14/h3-4,6,11,15H,1-2,5,7-8H2,(H2,12,13). The normalized spacial score (nSPS) is 22.9. The molecular formula is C11H17N3O. The number of likely N-dealkylation sites (tertiary alicyclic amines) is 1. The summed E-state index contributed by atoms with van der Waals surface area (Å²) in [6.07, 6.45) is 3.52. The van der Waals surface area contributed by atoms with Crippen LogP contribution in [0.2, 0.25) is 0 Å². The summed E-state index contributed by atoms with van der Waals surface area (Å²) in [4.78, 5) is 6.47. The number of hydrogen-bond acceptors (Lipinski definition) is 4. The zero-order valence-corrected chi connectivity index (χ0v) is 8.76. The zero-order chi connectivity index (χ0) is 10.7. The summed E-state index contributed by atoms with van der Waals surface area (Å²) in [5.74, 6) is 0. The second-order valence-electron chi connectivity index (χ2n) is 4.11. The lowest BCUT2D eigenvalue weighted by Crippen LogP contribution is -2.37. The van der Waals surface area contributed by atoms with Gasteiger partial charge in [-0.1, -0.05) is 0 Å². The number of nitrogens with zero attached hydrogens (tertiary/aromatic N) is 2. The van der Waals surface area contributed by atoms with E-state index in [1.165, 1.54) is 0 Å². The number of nitrogens with two attached hydrogens (primary N) is 1. The summed E-state index contributed by atoms with van der Waals surface area (Å²) >= 11 is 0. The number of β-amino-alcohol motifs (C(OH)–C–C–N with tert-alkyl or cyclic N) is 1. The minimum atomic E-state index is -0.181. The number of anilines is 1. The molecule has 1 aliphatic heterocycles. The molecule has 1 aromatic heterocycles. The topological polar surface area (TPSA) is 62.4 Å². The largest absolute Gasteiger partial charge is 0.399 e. The number of aliphatic hydroxyl groups excluding tert-OH is 1. The summed E-state index contributed by atoms with van der Waals surface area (Å²) in [7, 11) is 0. The average Bonchev–Trinajstić information content (AvgIpc) is 2.17. The van der Waals surface area contributed by atoms with Gasteiger partial charge in [-0.25, -0.2) is 0 Å². The molecule has 0 amide bonds. The van der Waals surface area contributed by atoms with E-state index in [4.69, 9.17) is 5.73 Å². The van der Waals surface area contributed by atoms with Crippen LogP contribution in [0, 0.1) is 0 Å². The quantitative estimate of drug-likeness (QED) is 0.746. The molecule has 0 aromatic carbocycles. The van der Waals surface area contributed by atoms with Crippen LogP contribution >= 0.6 is 0 Å². The van der Waals surface area contributed by atoms with Crippen LogP contribution in [-0.4, -0.2) is 34.2 Å². The third-order valence-corrected chi connectivity index (χ3v) is 2.71. The molecule has 1 atom stereocenters. The number of hydrogen-bond donors (Lipinski definition) is 2. The fourth-order valence-corrected chi connectivity index (χ4v) is 1.99. The summed E-state index contributed by atoms with van der Waals surface area (Å²) in [6, 6.07) is 3.68. The van der Waals surface area contributed by atoms with Crippen LogP contribution in [-0.2, 0) is 6.54 Å². The fourth-order valence-electron chi connectivity index (χ4n) is 1.99. The van der Waals surface area contributed by atoms with Crippen LogP contribution in [0.25, 0.3) is 0 Å². The lowest BCUT2D eigenvalue weighted by Gasteiger charge is -2.29. The Balaban J connectivity index is 1.96. The monoisotopic (exact) mass is 207 g/mol. The third kappa shape index (κ3) is 2.91. The maximum absolute atomic E-state index is 9.53. The van der Waals surface area contributed by atoms with E-state index in [0.717, 1.165) is 43.9 Å². The van der Waals surface area contributed by atoms with Gasteiger partial charge in [0.15, 0.2) is 0 Å². The molecule has 0 saturated carbocycles. The molecule has 2 rings (SSSR count). The highest BCUT2D eigenvalue weighted by Gasteiger charge is 2.17. The predicted molar refractivity (Wildman–Crippen MR) is 59.2 cm³/mol. The highest BCUT2D eigenvalue weighted by atomic mass is 16.3. The molecule has 0 bridgehead atoms. The molecule has 4 nitrogen and oxygen atoms in total. The summed E-state index contributed by atoms with van der Waals surface area (Å²) in [5.41, 5.74) is 7.41. The molecule has 0 radical (unpaired) electrons. The van der Waals surface area contributed by atoms with Gasteiger partial charge >= 0.3 is 0 Å². The maximum Gasteiger partial charge on any atom is 0.0667 e. The van der Waals surface area contributed by atoms with Gasteiger partial charge in [-0.15, -0.1) is 0 Å². The van der Waals surface area contributed by atoms with Gasteiger partial charge in [0, 0.05) is 25.0 Å². The molecule has 1 aliphatic rings. The van der Waals surface area contributed by atoms with Crippen LogP contribution in [0.1, 0.15) is 18.5 Å². The number of nitrogen functional groups attached to an aromatic ring is 1. The van der Waals surface area contributed by atoms with Crippen LogP contribution in [0.4, 0.5) is 5.69 Å². The van der Waals surface area contributed by atoms with Gasteiger partial charge in [-0.05, 0) is 31.5 Å². The van der Waals surface area contributed by atoms with E-state index >= 15 is 0 Å². The Morgan fingerprint density at radius 1 is 1.60 bits per heavy atom. The van der Waals surface area contributed by atoms with Gasteiger partial charge < -0.3 is 10.8 Å². The smallest absolute Gasteiger partial charge is 0.0667 e. The number of piperidine rings is 1. The Kier molecular flexibility index (Phi) is 3.18. The van der Waals surface area contributed by atoms with E-state index < -0.39 is 0 Å². The van der Waals surface area contributed by atoms with Crippen molar-refractivity contribution in [3.63, 3.8) is 0 Å². The maximum atomic E-state index is 9.53. The Morgan fingerprint density at radius 3 is 3.20 bits per heavy atom. The molecule has 1 aromatic rings. The summed E-state index contributed by atoms with van der Waals surface area (Å²) in [6.45, 7) is 2.56. The number of pyridine rings is 1. The first kappa shape index (κ1) is 10.4. The highest BCUT2D eigenvalue weighted by molar-refractivity contribution is 5.37. The summed E-state index contributed by atoms with van der Waals surface area (Å²) < 4.78 is 0. The Bertz CT molecular complexity index is 329. The molecule has 82 valence electrons. The van der Waals surface area contributed by atoms with Crippen molar-refractivity contribution in [2.24, 2.45) is 0 Å². The molecule has 1 fully saturated rings. The lowest BCUT2D eigenvalue weighted by molar-refractivity contribution is 0.0662. The molecule has 0 aliphatic carbocycles. The van der Waals surface area contributed by atoms with Crippen LogP contribution in [0.5, 0.6) is 0 Å². The van der Waals surface area contributed by atoms with E-state index in [-0.39, 0.29) is 6.10 Å². The van der Waals surface area contributed by atoms with Gasteiger partial charge in [-0.3, -0.25) is 9.88 Å². The molecule has 1 unspecified atom stereocenters. The first-order valence-corrected chi connectivity index (χ1v) is 5.35. The van der Waals surface area contributed by atoms with E-state index in [2.05, 4.69) is 9.88 Å². The Morgan fingerprint density at radius 2 is 2.47 bits per heavy atom. The van der Waals surface area contributed by atoms with Crippen molar-refractivity contribution in [2.45, 2.75) is 25.5 Å². The molecule has 4 heteroatoms. The number of aromatic nitrogens is 1. The van der Waals surface area contributed by atoms with E-state index in [1.54, 1.807) is 12.3 Å². The van der Waals surface area contributed by atoms with Crippen molar-refractivity contribution in [1.29, 1.82) is 0 Å². The Hall–Kier alpha value is -1.13. The van der Waals surface area contributed by atoms with Crippen molar-refractivity contribution in [2.75, 3.05) is 18.8 Å². The van der Waals surface area contributed by atoms with Crippen LogP contribution in [0.15, 0.2) is 18.3 Å². The van der Waals surface area contributed by atoms with Crippen molar-refractivity contribution >= 4 is 5.69 Å². The molecular weight excluding hydrogens is 190 g/mol. The first-order chi connectivity index (χ1) is 7.24. The van der Waals surface area contributed by atoms with Crippen molar-refractivity contribution < 1.29 is 5.11 Å². The van der Waals surface area contributed by atoms with Crippen LogP contribution < -0.4 is 5.73 Å². The highest BCUT2D eigenvalue weighted by Crippen LogP contribution is 2.13. The minimum absolute atomic E-state index is 0.181. The van der Waals surface area contributed by atoms with Gasteiger partial charge in [0.2, 0.25) is 0 Å². The lowest BCUT2D eigenvalue weighted by atomic mass is 10.1. The van der Waals surface area contributed by atoms with E-state index in [0.29, 0.717) is 0 Å². The zero-order valence-electron chi connectivity index (χ0n) is 8.76. The average molecular weight is 207 g/mol. The molecule has 3 N–H and O–H groups in total. The van der Waals surface area contributed by atoms with Crippen molar-refractivity contribution in [3.8, 4) is 0 Å². The third-order valence-electron chi connectivity index (χ3n) is 2.71. The molecule has 1 saturated heterocycles.